The summed E-state index contributed by atoms with van der Waals surface area (Å²) in [6.07, 6.45) is 4.52. The highest BCUT2D eigenvalue weighted by Crippen LogP contribution is 2.22. The van der Waals surface area contributed by atoms with Gasteiger partial charge in [0.2, 0.25) is 0 Å². The van der Waals surface area contributed by atoms with E-state index < -0.39 is 9.84 Å². The van der Waals surface area contributed by atoms with E-state index in [1.807, 2.05) is 11.8 Å². The number of nitrogens with one attached hydrogen (secondary N) is 1. The van der Waals surface area contributed by atoms with Gasteiger partial charge in [0.1, 0.15) is 11.5 Å². The number of nitrogens with zero attached hydrogens (tertiary/aromatic N) is 3. The lowest BCUT2D eigenvalue weighted by Crippen LogP contribution is -2.37. The molecule has 134 valence electrons. The van der Waals surface area contributed by atoms with E-state index in [-0.39, 0.29) is 29.1 Å². The molecular weight excluding hydrogens is 328 g/mol. The molecule has 1 N–H and O–H groups in total. The molecule has 1 aliphatic rings. The molecule has 1 saturated heterocycles. The van der Waals surface area contributed by atoms with Gasteiger partial charge >= 0.3 is 0 Å². The van der Waals surface area contributed by atoms with Crippen molar-refractivity contribution >= 4 is 21.6 Å². The average molecular weight is 354 g/mol. The Morgan fingerprint density at radius 1 is 1.38 bits per heavy atom. The number of anilines is 1. The van der Waals surface area contributed by atoms with Crippen LogP contribution in [0.3, 0.4) is 0 Å². The van der Waals surface area contributed by atoms with Gasteiger partial charge in [-0.15, -0.1) is 0 Å². The molecule has 0 spiro atoms. The third kappa shape index (κ3) is 4.90. The third-order valence-electron chi connectivity index (χ3n) is 4.16. The van der Waals surface area contributed by atoms with Crippen molar-refractivity contribution in [3.8, 4) is 0 Å². The summed E-state index contributed by atoms with van der Waals surface area (Å²) in [6, 6.07) is -0.0694. The fraction of sp³-hybridized carbons (Fsp3) is 0.688. The zero-order valence-electron chi connectivity index (χ0n) is 14.5. The largest absolute Gasteiger partial charge is 0.352 e. The minimum atomic E-state index is -2.95. The normalized spacial score (nSPS) is 19.4. The molecule has 0 aliphatic carbocycles. The fourth-order valence-electron chi connectivity index (χ4n) is 2.78. The zero-order valence-corrected chi connectivity index (χ0v) is 15.3. The standard InChI is InChI=1S/C16H26N4O3S/c1-4-20(13-6-8-24(22,23)11-13)15-10-18-14(9-19-15)16(21)17-7-5-12(2)3/h9-10,12-13H,4-8,11H2,1-3H3,(H,17,21). The molecule has 8 heteroatoms. The number of carbonyl (C=O) groups excluding carboxylic acids is 1. The van der Waals surface area contributed by atoms with E-state index in [1.165, 1.54) is 6.20 Å². The van der Waals surface area contributed by atoms with Crippen LogP contribution in [0.4, 0.5) is 5.82 Å². The van der Waals surface area contributed by atoms with Crippen LogP contribution in [0.25, 0.3) is 0 Å². The van der Waals surface area contributed by atoms with Crippen molar-refractivity contribution in [1.29, 1.82) is 0 Å². The SMILES string of the molecule is CCN(c1cnc(C(=O)NCCC(C)C)cn1)C1CCS(=O)(=O)C1. The molecule has 2 heterocycles. The van der Waals surface area contributed by atoms with Crippen molar-refractivity contribution in [3.05, 3.63) is 18.1 Å². The lowest BCUT2D eigenvalue weighted by molar-refractivity contribution is 0.0946. The summed E-state index contributed by atoms with van der Waals surface area (Å²) in [5.41, 5.74) is 0.276. The van der Waals surface area contributed by atoms with Crippen LogP contribution in [-0.2, 0) is 9.84 Å². The zero-order chi connectivity index (χ0) is 17.7. The van der Waals surface area contributed by atoms with E-state index in [0.717, 1.165) is 6.42 Å². The van der Waals surface area contributed by atoms with Gasteiger partial charge in [-0.3, -0.25) is 4.79 Å². The molecule has 24 heavy (non-hydrogen) atoms. The molecule has 0 radical (unpaired) electrons. The van der Waals surface area contributed by atoms with Gasteiger partial charge in [0.25, 0.3) is 5.91 Å². The van der Waals surface area contributed by atoms with E-state index in [9.17, 15) is 13.2 Å². The Morgan fingerprint density at radius 3 is 2.62 bits per heavy atom. The van der Waals surface area contributed by atoms with Crippen LogP contribution in [0.15, 0.2) is 12.4 Å². The second-order valence-corrected chi connectivity index (χ2v) is 8.77. The Balaban J connectivity index is 2.01. The van der Waals surface area contributed by atoms with Gasteiger partial charge in [-0.2, -0.15) is 0 Å². The fourth-order valence-corrected chi connectivity index (χ4v) is 4.51. The Hall–Kier alpha value is -1.70. The molecular formula is C16H26N4O3S. The van der Waals surface area contributed by atoms with E-state index in [2.05, 4.69) is 29.1 Å². The second kappa shape index (κ2) is 7.92. The smallest absolute Gasteiger partial charge is 0.271 e. The highest BCUT2D eigenvalue weighted by Gasteiger charge is 2.32. The first-order valence-electron chi connectivity index (χ1n) is 8.39. The third-order valence-corrected chi connectivity index (χ3v) is 5.91. The number of rotatable bonds is 7. The topological polar surface area (TPSA) is 92.3 Å². The van der Waals surface area contributed by atoms with Gasteiger partial charge in [-0.05, 0) is 25.7 Å². The number of amides is 1. The lowest BCUT2D eigenvalue weighted by atomic mass is 10.1. The molecule has 0 saturated carbocycles. The van der Waals surface area contributed by atoms with Gasteiger partial charge < -0.3 is 10.2 Å². The van der Waals surface area contributed by atoms with Crippen molar-refractivity contribution in [2.24, 2.45) is 5.92 Å². The molecule has 7 nitrogen and oxygen atoms in total. The Labute approximate surface area is 143 Å². The summed E-state index contributed by atoms with van der Waals surface area (Å²) in [7, 11) is -2.95. The summed E-state index contributed by atoms with van der Waals surface area (Å²) in [4.78, 5) is 22.5. The lowest BCUT2D eigenvalue weighted by Gasteiger charge is -2.27. The van der Waals surface area contributed by atoms with Crippen LogP contribution in [0, 0.1) is 5.92 Å². The number of carbonyl (C=O) groups is 1. The highest BCUT2D eigenvalue weighted by molar-refractivity contribution is 7.91. The first-order chi connectivity index (χ1) is 11.3. The molecule has 1 aromatic rings. The van der Waals surface area contributed by atoms with Gasteiger partial charge in [-0.25, -0.2) is 18.4 Å². The van der Waals surface area contributed by atoms with Crippen molar-refractivity contribution in [2.75, 3.05) is 29.5 Å². The monoisotopic (exact) mass is 354 g/mol. The van der Waals surface area contributed by atoms with E-state index in [4.69, 9.17) is 0 Å². The maximum Gasteiger partial charge on any atom is 0.271 e. The van der Waals surface area contributed by atoms with Crippen molar-refractivity contribution < 1.29 is 13.2 Å². The van der Waals surface area contributed by atoms with Crippen molar-refractivity contribution in [3.63, 3.8) is 0 Å². The molecule has 1 amide bonds. The Bertz CT molecular complexity index is 658. The van der Waals surface area contributed by atoms with E-state index >= 15 is 0 Å². The van der Waals surface area contributed by atoms with Gasteiger partial charge in [-0.1, -0.05) is 13.8 Å². The van der Waals surface area contributed by atoms with Gasteiger partial charge in [0.05, 0.1) is 23.9 Å². The summed E-state index contributed by atoms with van der Waals surface area (Å²) in [6.45, 7) is 7.42. The van der Waals surface area contributed by atoms with E-state index in [1.54, 1.807) is 6.20 Å². The summed E-state index contributed by atoms with van der Waals surface area (Å²) >= 11 is 0. The molecule has 1 unspecified atom stereocenters. The molecule has 1 aliphatic heterocycles. The van der Waals surface area contributed by atoms with Crippen molar-refractivity contribution in [2.45, 2.75) is 39.7 Å². The Morgan fingerprint density at radius 2 is 2.12 bits per heavy atom. The predicted octanol–water partition coefficient (Wildman–Crippen LogP) is 1.27. The summed E-state index contributed by atoms with van der Waals surface area (Å²) < 4.78 is 23.3. The van der Waals surface area contributed by atoms with Gasteiger partial charge in [0.15, 0.2) is 9.84 Å². The highest BCUT2D eigenvalue weighted by atomic mass is 32.2. The molecule has 2 rings (SSSR count). The maximum absolute atomic E-state index is 12.0. The average Bonchev–Trinajstić information content (AvgIpc) is 2.88. The quantitative estimate of drug-likeness (QED) is 0.793. The summed E-state index contributed by atoms with van der Waals surface area (Å²) in [5, 5.41) is 2.82. The van der Waals surface area contributed by atoms with Crippen LogP contribution in [0.2, 0.25) is 0 Å². The van der Waals surface area contributed by atoms with Gasteiger partial charge in [0, 0.05) is 19.1 Å². The van der Waals surface area contributed by atoms with E-state index in [0.29, 0.717) is 31.2 Å². The first kappa shape index (κ1) is 18.6. The van der Waals surface area contributed by atoms with Crippen molar-refractivity contribution in [1.82, 2.24) is 15.3 Å². The van der Waals surface area contributed by atoms with Crippen LogP contribution in [0.5, 0.6) is 0 Å². The minimum absolute atomic E-state index is 0.0694. The van der Waals surface area contributed by atoms with Crippen LogP contribution in [0.1, 0.15) is 44.1 Å². The van der Waals surface area contributed by atoms with Crippen LogP contribution < -0.4 is 10.2 Å². The molecule has 0 bridgehead atoms. The minimum Gasteiger partial charge on any atom is -0.352 e. The number of sulfone groups is 1. The first-order valence-corrected chi connectivity index (χ1v) is 10.2. The maximum atomic E-state index is 12.0. The molecule has 0 aromatic carbocycles. The molecule has 1 atom stereocenters. The molecule has 1 fully saturated rings. The second-order valence-electron chi connectivity index (χ2n) is 6.54. The number of hydrogen-bond donors (Lipinski definition) is 1. The van der Waals surface area contributed by atoms with Crippen LogP contribution in [-0.4, -0.2) is 54.9 Å². The number of hydrogen-bond acceptors (Lipinski definition) is 6. The Kier molecular flexibility index (Phi) is 6.15. The summed E-state index contributed by atoms with van der Waals surface area (Å²) in [5.74, 6) is 1.27. The number of aromatic nitrogens is 2. The predicted molar refractivity (Wildman–Crippen MR) is 93.9 cm³/mol. The van der Waals surface area contributed by atoms with Crippen LogP contribution >= 0.6 is 0 Å². The molecule has 1 aromatic heterocycles.